The van der Waals surface area contributed by atoms with Crippen molar-refractivity contribution in [3.8, 4) is 0 Å². The summed E-state index contributed by atoms with van der Waals surface area (Å²) in [6, 6.07) is 6.19. The van der Waals surface area contributed by atoms with Gasteiger partial charge in [0.05, 0.1) is 10.8 Å². The molecule has 2 atom stereocenters. The van der Waals surface area contributed by atoms with Gasteiger partial charge in [-0.15, -0.1) is 0 Å². The second kappa shape index (κ2) is 8.39. The van der Waals surface area contributed by atoms with Gasteiger partial charge >= 0.3 is 5.97 Å². The monoisotopic (exact) mass is 394 g/mol. The number of amides is 1. The standard InChI is InChI=1S/C19H26N2O5S/c1-14-11-17(14)19(23)26-13-18(22)20-15-7-6-8-16(12-15)27(24,25)21-9-4-2-3-5-10-21/h6-8,12,14,17H,2-5,9-11,13H2,1H3,(H,20,22). The number of carbonyl (C=O) groups is 2. The highest BCUT2D eigenvalue weighted by molar-refractivity contribution is 7.89. The number of rotatable bonds is 6. The summed E-state index contributed by atoms with van der Waals surface area (Å²) in [5.74, 6) is -0.613. The van der Waals surface area contributed by atoms with Crippen molar-refractivity contribution in [1.82, 2.24) is 4.31 Å². The molecule has 1 aromatic carbocycles. The summed E-state index contributed by atoms with van der Waals surface area (Å²) in [6.45, 7) is 2.64. The minimum Gasteiger partial charge on any atom is -0.455 e. The smallest absolute Gasteiger partial charge is 0.309 e. The zero-order chi connectivity index (χ0) is 19.4. The first-order chi connectivity index (χ1) is 12.9. The first kappa shape index (κ1) is 19.8. The zero-order valence-electron chi connectivity index (χ0n) is 15.5. The average Bonchev–Trinajstić information content (AvgIpc) is 3.42. The number of hydrogen-bond acceptors (Lipinski definition) is 5. The molecule has 1 N–H and O–H groups in total. The van der Waals surface area contributed by atoms with Crippen LogP contribution in [-0.4, -0.2) is 44.3 Å². The van der Waals surface area contributed by atoms with Gasteiger partial charge in [0, 0.05) is 18.8 Å². The number of ether oxygens (including phenoxy) is 1. The molecule has 7 nitrogen and oxygen atoms in total. The maximum atomic E-state index is 12.8. The summed E-state index contributed by atoms with van der Waals surface area (Å²) in [4.78, 5) is 23.8. The van der Waals surface area contributed by atoms with Crippen molar-refractivity contribution >= 4 is 27.6 Å². The lowest BCUT2D eigenvalue weighted by atomic mass is 10.2. The van der Waals surface area contributed by atoms with Crippen LogP contribution in [0, 0.1) is 11.8 Å². The summed E-state index contributed by atoms with van der Waals surface area (Å²) in [5.41, 5.74) is 0.367. The number of hydrogen-bond donors (Lipinski definition) is 1. The lowest BCUT2D eigenvalue weighted by Gasteiger charge is -2.20. The Morgan fingerprint density at radius 1 is 1.19 bits per heavy atom. The van der Waals surface area contributed by atoms with Crippen molar-refractivity contribution in [2.75, 3.05) is 25.0 Å². The Morgan fingerprint density at radius 3 is 2.48 bits per heavy atom. The van der Waals surface area contributed by atoms with E-state index in [1.165, 1.54) is 16.4 Å². The molecular weight excluding hydrogens is 368 g/mol. The van der Waals surface area contributed by atoms with E-state index in [0.29, 0.717) is 24.7 Å². The Labute approximate surface area is 160 Å². The van der Waals surface area contributed by atoms with Gasteiger partial charge in [-0.2, -0.15) is 4.31 Å². The van der Waals surface area contributed by atoms with Crippen LogP contribution in [0.5, 0.6) is 0 Å². The Morgan fingerprint density at radius 2 is 1.85 bits per heavy atom. The normalized spacial score (nSPS) is 23.3. The van der Waals surface area contributed by atoms with Gasteiger partial charge in [-0.05, 0) is 43.4 Å². The molecule has 2 aliphatic rings. The predicted octanol–water partition coefficient (Wildman–Crippen LogP) is 2.39. The fourth-order valence-electron chi connectivity index (χ4n) is 3.26. The van der Waals surface area contributed by atoms with E-state index in [4.69, 9.17) is 4.74 Å². The van der Waals surface area contributed by atoms with Gasteiger partial charge in [0.2, 0.25) is 10.0 Å². The quantitative estimate of drug-likeness (QED) is 0.748. The van der Waals surface area contributed by atoms with E-state index in [9.17, 15) is 18.0 Å². The Kier molecular flexibility index (Phi) is 6.16. The molecule has 1 saturated carbocycles. The third kappa shape index (κ3) is 5.07. The molecule has 2 unspecified atom stereocenters. The molecule has 1 heterocycles. The molecule has 0 radical (unpaired) electrons. The van der Waals surface area contributed by atoms with E-state index in [1.54, 1.807) is 12.1 Å². The number of sulfonamides is 1. The lowest BCUT2D eigenvalue weighted by Crippen LogP contribution is -2.32. The molecule has 0 spiro atoms. The van der Waals surface area contributed by atoms with Crippen LogP contribution >= 0.6 is 0 Å². The van der Waals surface area contributed by atoms with Gasteiger partial charge in [0.25, 0.3) is 5.91 Å². The number of esters is 1. The number of carbonyl (C=O) groups excluding carboxylic acids is 2. The molecule has 8 heteroatoms. The lowest BCUT2D eigenvalue weighted by molar-refractivity contribution is -0.148. The molecular formula is C19H26N2O5S. The number of anilines is 1. The zero-order valence-corrected chi connectivity index (χ0v) is 16.3. The largest absolute Gasteiger partial charge is 0.455 e. The maximum Gasteiger partial charge on any atom is 0.309 e. The summed E-state index contributed by atoms with van der Waals surface area (Å²) < 4.78 is 32.2. The van der Waals surface area contributed by atoms with E-state index in [2.05, 4.69) is 5.32 Å². The van der Waals surface area contributed by atoms with Gasteiger partial charge in [-0.3, -0.25) is 9.59 Å². The molecule has 2 fully saturated rings. The first-order valence-electron chi connectivity index (χ1n) is 9.44. The summed E-state index contributed by atoms with van der Waals surface area (Å²) in [5, 5.41) is 2.60. The number of benzene rings is 1. The summed E-state index contributed by atoms with van der Waals surface area (Å²) in [7, 11) is -3.58. The van der Waals surface area contributed by atoms with Crippen LogP contribution in [-0.2, 0) is 24.3 Å². The van der Waals surface area contributed by atoms with E-state index < -0.39 is 15.9 Å². The second-order valence-corrected chi connectivity index (χ2v) is 9.26. The molecule has 0 aromatic heterocycles. The van der Waals surface area contributed by atoms with E-state index in [-0.39, 0.29) is 23.4 Å². The molecule has 1 aliphatic carbocycles. The van der Waals surface area contributed by atoms with Crippen LogP contribution in [0.4, 0.5) is 5.69 Å². The maximum absolute atomic E-state index is 12.8. The Bertz CT molecular complexity index is 800. The van der Waals surface area contributed by atoms with Crippen LogP contribution in [0.15, 0.2) is 29.2 Å². The Balaban J connectivity index is 1.60. The second-order valence-electron chi connectivity index (χ2n) is 7.32. The van der Waals surface area contributed by atoms with Crippen molar-refractivity contribution in [2.24, 2.45) is 11.8 Å². The fraction of sp³-hybridized carbons (Fsp3) is 0.579. The highest BCUT2D eigenvalue weighted by Gasteiger charge is 2.40. The van der Waals surface area contributed by atoms with Crippen molar-refractivity contribution < 1.29 is 22.7 Å². The van der Waals surface area contributed by atoms with Crippen molar-refractivity contribution in [1.29, 1.82) is 0 Å². The third-order valence-electron chi connectivity index (χ3n) is 5.08. The minimum atomic E-state index is -3.58. The van der Waals surface area contributed by atoms with Crippen LogP contribution in [0.2, 0.25) is 0 Å². The highest BCUT2D eigenvalue weighted by Crippen LogP contribution is 2.38. The SMILES string of the molecule is CC1CC1C(=O)OCC(=O)Nc1cccc(S(=O)(=O)N2CCCCCC2)c1. The average molecular weight is 394 g/mol. The Hall–Kier alpha value is -1.93. The third-order valence-corrected chi connectivity index (χ3v) is 6.97. The molecule has 1 saturated heterocycles. The van der Waals surface area contributed by atoms with Crippen LogP contribution in [0.3, 0.4) is 0 Å². The molecule has 3 rings (SSSR count). The van der Waals surface area contributed by atoms with Crippen molar-refractivity contribution in [2.45, 2.75) is 43.9 Å². The van der Waals surface area contributed by atoms with Gasteiger partial charge in [0.15, 0.2) is 6.61 Å². The van der Waals surface area contributed by atoms with Crippen molar-refractivity contribution in [3.63, 3.8) is 0 Å². The van der Waals surface area contributed by atoms with Crippen LogP contribution in [0.1, 0.15) is 39.0 Å². The molecule has 1 amide bonds. The van der Waals surface area contributed by atoms with Crippen LogP contribution < -0.4 is 5.32 Å². The van der Waals surface area contributed by atoms with E-state index in [1.807, 2.05) is 6.92 Å². The van der Waals surface area contributed by atoms with Gasteiger partial charge in [-0.1, -0.05) is 25.8 Å². The molecule has 148 valence electrons. The van der Waals surface area contributed by atoms with Gasteiger partial charge < -0.3 is 10.1 Å². The summed E-state index contributed by atoms with van der Waals surface area (Å²) in [6.07, 6.45) is 4.61. The molecule has 1 aliphatic heterocycles. The summed E-state index contributed by atoms with van der Waals surface area (Å²) >= 11 is 0. The predicted molar refractivity (Wildman–Crippen MR) is 101 cm³/mol. The number of nitrogens with one attached hydrogen (secondary N) is 1. The molecule has 27 heavy (non-hydrogen) atoms. The van der Waals surface area contributed by atoms with E-state index >= 15 is 0 Å². The molecule has 0 bridgehead atoms. The van der Waals surface area contributed by atoms with E-state index in [0.717, 1.165) is 32.1 Å². The topological polar surface area (TPSA) is 92.8 Å². The number of nitrogens with zero attached hydrogens (tertiary/aromatic N) is 1. The highest BCUT2D eigenvalue weighted by atomic mass is 32.2. The van der Waals surface area contributed by atoms with Crippen LogP contribution in [0.25, 0.3) is 0 Å². The fourth-order valence-corrected chi connectivity index (χ4v) is 4.82. The van der Waals surface area contributed by atoms with Gasteiger partial charge in [-0.25, -0.2) is 8.42 Å². The molecule has 1 aromatic rings. The van der Waals surface area contributed by atoms with Crippen molar-refractivity contribution in [3.05, 3.63) is 24.3 Å². The minimum absolute atomic E-state index is 0.0973. The first-order valence-corrected chi connectivity index (χ1v) is 10.9. The van der Waals surface area contributed by atoms with Gasteiger partial charge in [0.1, 0.15) is 0 Å².